The average Bonchev–Trinajstić information content (AvgIpc) is 2.81. The number of carbonyl (C=O) groups is 1. The SMILES string of the molecule is COc1ccc(CNC(=O)CC2(Cn3cnc4ccccc4c3=O)CCCCC2)cc1. The second-order valence-corrected chi connectivity index (χ2v) is 8.56. The lowest BCUT2D eigenvalue weighted by molar-refractivity contribution is -0.124. The Morgan fingerprint density at radius 2 is 1.84 bits per heavy atom. The lowest BCUT2D eigenvalue weighted by Gasteiger charge is -2.37. The minimum Gasteiger partial charge on any atom is -0.497 e. The molecular formula is C25H29N3O3. The highest BCUT2D eigenvalue weighted by molar-refractivity contribution is 5.77. The Hall–Kier alpha value is -3.15. The number of benzene rings is 2. The minimum absolute atomic E-state index is 0.0273. The first-order chi connectivity index (χ1) is 15.1. The summed E-state index contributed by atoms with van der Waals surface area (Å²) in [5.74, 6) is 0.824. The van der Waals surface area contributed by atoms with Crippen LogP contribution in [0.25, 0.3) is 10.9 Å². The largest absolute Gasteiger partial charge is 0.497 e. The first kappa shape index (κ1) is 21.1. The highest BCUT2D eigenvalue weighted by Gasteiger charge is 2.35. The smallest absolute Gasteiger partial charge is 0.261 e. The van der Waals surface area contributed by atoms with Crippen LogP contribution in [0.4, 0.5) is 0 Å². The Morgan fingerprint density at radius 1 is 1.10 bits per heavy atom. The fraction of sp³-hybridized carbons (Fsp3) is 0.400. The molecule has 162 valence electrons. The van der Waals surface area contributed by atoms with E-state index < -0.39 is 0 Å². The molecule has 1 aliphatic carbocycles. The molecule has 31 heavy (non-hydrogen) atoms. The molecule has 0 spiro atoms. The number of rotatable bonds is 7. The maximum absolute atomic E-state index is 13.0. The number of para-hydroxylation sites is 1. The number of fused-ring (bicyclic) bond motifs is 1. The van der Waals surface area contributed by atoms with Crippen LogP contribution in [0.15, 0.2) is 59.7 Å². The van der Waals surface area contributed by atoms with Crippen molar-refractivity contribution < 1.29 is 9.53 Å². The van der Waals surface area contributed by atoms with Gasteiger partial charge in [0.1, 0.15) is 5.75 Å². The summed E-state index contributed by atoms with van der Waals surface area (Å²) in [4.78, 5) is 30.3. The lowest BCUT2D eigenvalue weighted by atomic mass is 9.71. The van der Waals surface area contributed by atoms with E-state index in [1.165, 1.54) is 6.42 Å². The van der Waals surface area contributed by atoms with Crippen molar-refractivity contribution in [2.45, 2.75) is 51.6 Å². The van der Waals surface area contributed by atoms with Gasteiger partial charge in [0, 0.05) is 19.5 Å². The molecule has 0 bridgehead atoms. The summed E-state index contributed by atoms with van der Waals surface area (Å²) in [5, 5.41) is 3.68. The highest BCUT2D eigenvalue weighted by atomic mass is 16.5. The number of nitrogens with zero attached hydrogens (tertiary/aromatic N) is 2. The third-order valence-electron chi connectivity index (χ3n) is 6.34. The molecule has 1 fully saturated rings. The normalized spacial score (nSPS) is 15.5. The summed E-state index contributed by atoms with van der Waals surface area (Å²) in [6.07, 6.45) is 7.30. The Bertz CT molecular complexity index is 1100. The van der Waals surface area contributed by atoms with E-state index >= 15 is 0 Å². The third kappa shape index (κ3) is 4.95. The molecule has 0 aliphatic heterocycles. The number of aromatic nitrogens is 2. The average molecular weight is 420 g/mol. The van der Waals surface area contributed by atoms with Gasteiger partial charge in [0.2, 0.25) is 5.91 Å². The van der Waals surface area contributed by atoms with Gasteiger partial charge in [0.25, 0.3) is 5.56 Å². The van der Waals surface area contributed by atoms with Crippen molar-refractivity contribution in [2.24, 2.45) is 5.41 Å². The number of hydrogen-bond donors (Lipinski definition) is 1. The molecule has 1 heterocycles. The van der Waals surface area contributed by atoms with E-state index in [4.69, 9.17) is 4.74 Å². The van der Waals surface area contributed by atoms with E-state index in [-0.39, 0.29) is 16.9 Å². The lowest BCUT2D eigenvalue weighted by Crippen LogP contribution is -2.38. The summed E-state index contributed by atoms with van der Waals surface area (Å²) >= 11 is 0. The van der Waals surface area contributed by atoms with E-state index in [0.29, 0.717) is 30.4 Å². The molecule has 1 N–H and O–H groups in total. The van der Waals surface area contributed by atoms with Crippen LogP contribution >= 0.6 is 0 Å². The molecule has 0 radical (unpaired) electrons. The molecular weight excluding hydrogens is 390 g/mol. The molecule has 1 aromatic heterocycles. The quantitative estimate of drug-likeness (QED) is 0.627. The zero-order chi connectivity index (χ0) is 21.7. The van der Waals surface area contributed by atoms with Crippen LogP contribution in [-0.4, -0.2) is 22.6 Å². The molecule has 4 rings (SSSR count). The zero-order valence-corrected chi connectivity index (χ0v) is 18.0. The predicted octanol–water partition coefficient (Wildman–Crippen LogP) is 4.06. The molecule has 1 amide bonds. The van der Waals surface area contributed by atoms with Gasteiger partial charge >= 0.3 is 0 Å². The number of ether oxygens (including phenoxy) is 1. The van der Waals surface area contributed by atoms with Gasteiger partial charge < -0.3 is 10.1 Å². The maximum Gasteiger partial charge on any atom is 0.261 e. The topological polar surface area (TPSA) is 73.2 Å². The first-order valence-electron chi connectivity index (χ1n) is 10.9. The van der Waals surface area contributed by atoms with E-state index in [1.54, 1.807) is 18.0 Å². The number of carbonyl (C=O) groups excluding carboxylic acids is 1. The Labute approximate surface area is 182 Å². The van der Waals surface area contributed by atoms with Crippen molar-refractivity contribution in [1.82, 2.24) is 14.9 Å². The fourth-order valence-corrected chi connectivity index (χ4v) is 4.62. The number of methoxy groups -OCH3 is 1. The second-order valence-electron chi connectivity index (χ2n) is 8.56. The summed E-state index contributed by atoms with van der Waals surface area (Å²) in [7, 11) is 1.64. The van der Waals surface area contributed by atoms with Crippen molar-refractivity contribution in [2.75, 3.05) is 7.11 Å². The van der Waals surface area contributed by atoms with Crippen LogP contribution in [0.3, 0.4) is 0 Å². The van der Waals surface area contributed by atoms with Crippen molar-refractivity contribution in [1.29, 1.82) is 0 Å². The van der Waals surface area contributed by atoms with Crippen molar-refractivity contribution in [3.8, 4) is 5.75 Å². The van der Waals surface area contributed by atoms with Crippen LogP contribution in [0, 0.1) is 5.41 Å². The minimum atomic E-state index is -0.212. The molecule has 1 saturated carbocycles. The molecule has 0 saturated heterocycles. The highest BCUT2D eigenvalue weighted by Crippen LogP contribution is 2.40. The van der Waals surface area contributed by atoms with Gasteiger partial charge in [-0.05, 0) is 48.1 Å². The maximum atomic E-state index is 13.0. The van der Waals surface area contributed by atoms with Crippen molar-refractivity contribution in [3.63, 3.8) is 0 Å². The Morgan fingerprint density at radius 3 is 2.58 bits per heavy atom. The van der Waals surface area contributed by atoms with Gasteiger partial charge in [-0.1, -0.05) is 43.5 Å². The molecule has 6 heteroatoms. The van der Waals surface area contributed by atoms with Crippen LogP contribution in [0.1, 0.15) is 44.1 Å². The summed E-state index contributed by atoms with van der Waals surface area (Å²) in [5.41, 5.74) is 1.49. The Kier molecular flexibility index (Phi) is 6.35. The third-order valence-corrected chi connectivity index (χ3v) is 6.34. The summed E-state index contributed by atoms with van der Waals surface area (Å²) in [6.45, 7) is 1.01. The summed E-state index contributed by atoms with van der Waals surface area (Å²) < 4.78 is 6.88. The van der Waals surface area contributed by atoms with Gasteiger partial charge in [-0.15, -0.1) is 0 Å². The molecule has 1 aliphatic rings. The van der Waals surface area contributed by atoms with Crippen LogP contribution < -0.4 is 15.6 Å². The predicted molar refractivity (Wildman–Crippen MR) is 121 cm³/mol. The van der Waals surface area contributed by atoms with E-state index in [2.05, 4.69) is 10.3 Å². The van der Waals surface area contributed by atoms with Gasteiger partial charge in [0.15, 0.2) is 0 Å². The van der Waals surface area contributed by atoms with E-state index in [0.717, 1.165) is 37.0 Å². The second kappa shape index (κ2) is 9.33. The van der Waals surface area contributed by atoms with Crippen LogP contribution in [0.5, 0.6) is 5.75 Å². The Balaban J connectivity index is 1.48. The van der Waals surface area contributed by atoms with Gasteiger partial charge in [-0.3, -0.25) is 14.2 Å². The van der Waals surface area contributed by atoms with Crippen LogP contribution in [0.2, 0.25) is 0 Å². The molecule has 2 aromatic carbocycles. The molecule has 0 atom stereocenters. The van der Waals surface area contributed by atoms with E-state index in [9.17, 15) is 9.59 Å². The molecule has 3 aromatic rings. The number of nitrogens with one attached hydrogen (secondary N) is 1. The van der Waals surface area contributed by atoms with Crippen molar-refractivity contribution in [3.05, 3.63) is 70.8 Å². The van der Waals surface area contributed by atoms with Crippen molar-refractivity contribution >= 4 is 16.8 Å². The number of amides is 1. The van der Waals surface area contributed by atoms with Gasteiger partial charge in [-0.2, -0.15) is 0 Å². The molecule has 0 unspecified atom stereocenters. The monoisotopic (exact) mass is 419 g/mol. The first-order valence-corrected chi connectivity index (χ1v) is 10.9. The number of hydrogen-bond acceptors (Lipinski definition) is 4. The van der Waals surface area contributed by atoms with E-state index in [1.807, 2.05) is 48.5 Å². The van der Waals surface area contributed by atoms with Gasteiger partial charge in [-0.25, -0.2) is 4.98 Å². The standard InChI is InChI=1S/C25H29N3O3/c1-31-20-11-9-19(10-12-20)16-26-23(29)15-25(13-5-2-6-14-25)17-28-18-27-22-8-4-3-7-21(22)24(28)30/h3-4,7-12,18H,2,5-6,13-17H2,1H3,(H,26,29). The van der Waals surface area contributed by atoms with Gasteiger partial charge in [0.05, 0.1) is 24.3 Å². The van der Waals surface area contributed by atoms with Crippen LogP contribution in [-0.2, 0) is 17.9 Å². The summed E-state index contributed by atoms with van der Waals surface area (Å²) in [6, 6.07) is 15.1. The zero-order valence-electron chi connectivity index (χ0n) is 18.0. The molecule has 6 nitrogen and oxygen atoms in total. The fourth-order valence-electron chi connectivity index (χ4n) is 4.62.